The number of fused-ring (bicyclic) bond motifs is 3. The van der Waals surface area contributed by atoms with Gasteiger partial charge in [-0.1, -0.05) is 34.1 Å². The highest BCUT2D eigenvalue weighted by molar-refractivity contribution is 5.65. The van der Waals surface area contributed by atoms with E-state index < -0.39 is 0 Å². The Morgan fingerprint density at radius 3 is 2.56 bits per heavy atom. The van der Waals surface area contributed by atoms with Crippen LogP contribution in [0.4, 0.5) is 0 Å². The van der Waals surface area contributed by atoms with Gasteiger partial charge in [0.2, 0.25) is 0 Å². The summed E-state index contributed by atoms with van der Waals surface area (Å²) >= 11 is 0. The van der Waals surface area contributed by atoms with E-state index in [0.717, 1.165) is 12.3 Å². The summed E-state index contributed by atoms with van der Waals surface area (Å²) in [5, 5.41) is 0. The predicted molar refractivity (Wildman–Crippen MR) is 100 cm³/mol. The third kappa shape index (κ3) is 3.38. The van der Waals surface area contributed by atoms with Crippen molar-refractivity contribution in [3.8, 4) is 0 Å². The summed E-state index contributed by atoms with van der Waals surface area (Å²) in [6.45, 7) is 14.2. The van der Waals surface area contributed by atoms with Crippen molar-refractivity contribution >= 4 is 5.97 Å². The standard InChI is InChI=1S/C22H38O3/c1-15(9-13-24-16(2)23)17-14-19-21(5)11-7-10-20(3,4)18(21)8-12-22(19,6)25-17/h15,17-19H,7-14H2,1-6H3/t15-,17+,18-,19+,21-,22+/m0/s1. The maximum Gasteiger partial charge on any atom is 0.302 e. The fourth-order valence-electron chi connectivity index (χ4n) is 6.81. The molecule has 1 saturated heterocycles. The molecule has 6 atom stereocenters. The van der Waals surface area contributed by atoms with Gasteiger partial charge in [0.05, 0.1) is 18.3 Å². The summed E-state index contributed by atoms with van der Waals surface area (Å²) in [5.74, 6) is 1.76. The van der Waals surface area contributed by atoms with Crippen molar-refractivity contribution in [1.82, 2.24) is 0 Å². The van der Waals surface area contributed by atoms with Crippen LogP contribution in [0.15, 0.2) is 0 Å². The average molecular weight is 351 g/mol. The largest absolute Gasteiger partial charge is 0.466 e. The zero-order chi connectivity index (χ0) is 18.5. The van der Waals surface area contributed by atoms with Gasteiger partial charge in [-0.15, -0.1) is 0 Å². The quantitative estimate of drug-likeness (QED) is 0.640. The Morgan fingerprint density at radius 1 is 1.16 bits per heavy atom. The van der Waals surface area contributed by atoms with Crippen LogP contribution in [0.25, 0.3) is 0 Å². The van der Waals surface area contributed by atoms with Gasteiger partial charge in [-0.05, 0) is 74.0 Å². The van der Waals surface area contributed by atoms with Gasteiger partial charge in [-0.2, -0.15) is 0 Å². The van der Waals surface area contributed by atoms with Crippen LogP contribution in [-0.4, -0.2) is 24.3 Å². The summed E-state index contributed by atoms with van der Waals surface area (Å²) in [7, 11) is 0. The summed E-state index contributed by atoms with van der Waals surface area (Å²) in [6, 6.07) is 0. The van der Waals surface area contributed by atoms with Crippen molar-refractivity contribution in [2.45, 2.75) is 98.2 Å². The Labute approximate surface area is 154 Å². The molecule has 1 aliphatic heterocycles. The molecule has 3 fully saturated rings. The van der Waals surface area contributed by atoms with E-state index in [2.05, 4.69) is 34.6 Å². The fourth-order valence-corrected chi connectivity index (χ4v) is 6.81. The van der Waals surface area contributed by atoms with E-state index in [0.29, 0.717) is 35.4 Å². The first-order valence-electron chi connectivity index (χ1n) is 10.4. The van der Waals surface area contributed by atoms with Gasteiger partial charge in [0, 0.05) is 6.92 Å². The van der Waals surface area contributed by atoms with Crippen LogP contribution in [0.2, 0.25) is 0 Å². The molecule has 144 valence electrons. The van der Waals surface area contributed by atoms with Crippen LogP contribution in [0.1, 0.15) is 86.5 Å². The van der Waals surface area contributed by atoms with Crippen LogP contribution < -0.4 is 0 Å². The number of hydrogen-bond donors (Lipinski definition) is 0. The minimum Gasteiger partial charge on any atom is -0.466 e. The number of ether oxygens (including phenoxy) is 2. The monoisotopic (exact) mass is 350 g/mol. The lowest BCUT2D eigenvalue weighted by molar-refractivity contribution is -0.159. The number of esters is 1. The molecule has 3 heteroatoms. The third-order valence-corrected chi connectivity index (χ3v) is 8.14. The molecule has 0 aromatic rings. The lowest BCUT2D eigenvalue weighted by Crippen LogP contribution is -2.55. The maximum absolute atomic E-state index is 11.0. The van der Waals surface area contributed by atoms with E-state index in [1.54, 1.807) is 0 Å². The molecule has 0 N–H and O–H groups in total. The molecule has 25 heavy (non-hydrogen) atoms. The van der Waals surface area contributed by atoms with Crippen LogP contribution in [-0.2, 0) is 14.3 Å². The van der Waals surface area contributed by atoms with Crippen molar-refractivity contribution < 1.29 is 14.3 Å². The van der Waals surface area contributed by atoms with Gasteiger partial charge < -0.3 is 9.47 Å². The van der Waals surface area contributed by atoms with Gasteiger partial charge in [0.15, 0.2) is 0 Å². The second kappa shape index (κ2) is 6.55. The lowest BCUT2D eigenvalue weighted by atomic mass is 9.45. The predicted octanol–water partition coefficient (Wildman–Crippen LogP) is 5.37. The second-order valence-electron chi connectivity index (χ2n) is 10.3. The highest BCUT2D eigenvalue weighted by Gasteiger charge is 2.62. The molecule has 3 aliphatic rings. The minimum absolute atomic E-state index is 0.0407. The molecule has 2 saturated carbocycles. The summed E-state index contributed by atoms with van der Waals surface area (Å²) in [4.78, 5) is 11.0. The van der Waals surface area contributed by atoms with E-state index in [1.807, 2.05) is 0 Å². The second-order valence-corrected chi connectivity index (χ2v) is 10.3. The lowest BCUT2D eigenvalue weighted by Gasteiger charge is -2.60. The third-order valence-electron chi connectivity index (χ3n) is 8.14. The van der Waals surface area contributed by atoms with Crippen LogP contribution >= 0.6 is 0 Å². The smallest absolute Gasteiger partial charge is 0.302 e. The Balaban J connectivity index is 1.72. The molecular weight excluding hydrogens is 312 g/mol. The van der Waals surface area contributed by atoms with Crippen molar-refractivity contribution in [2.75, 3.05) is 6.61 Å². The summed E-state index contributed by atoms with van der Waals surface area (Å²) in [6.07, 6.45) is 9.00. The van der Waals surface area contributed by atoms with E-state index in [9.17, 15) is 4.79 Å². The van der Waals surface area contributed by atoms with Crippen LogP contribution in [0, 0.1) is 28.6 Å². The summed E-state index contributed by atoms with van der Waals surface area (Å²) < 4.78 is 11.9. The fraction of sp³-hybridized carbons (Fsp3) is 0.955. The van der Waals surface area contributed by atoms with Gasteiger partial charge in [-0.25, -0.2) is 0 Å². The minimum atomic E-state index is -0.181. The molecule has 0 radical (unpaired) electrons. The normalized spacial score (nSPS) is 43.8. The first-order valence-corrected chi connectivity index (χ1v) is 10.4. The first-order chi connectivity index (χ1) is 11.6. The van der Waals surface area contributed by atoms with E-state index in [-0.39, 0.29) is 11.6 Å². The topological polar surface area (TPSA) is 35.5 Å². The van der Waals surface area contributed by atoms with Gasteiger partial charge >= 0.3 is 5.97 Å². The van der Waals surface area contributed by atoms with Crippen molar-refractivity contribution in [1.29, 1.82) is 0 Å². The Morgan fingerprint density at radius 2 is 1.88 bits per heavy atom. The highest BCUT2D eigenvalue weighted by Crippen LogP contribution is 2.66. The van der Waals surface area contributed by atoms with Crippen LogP contribution in [0.3, 0.4) is 0 Å². The van der Waals surface area contributed by atoms with Gasteiger partial charge in [-0.3, -0.25) is 4.79 Å². The molecular formula is C22H38O3. The Kier molecular flexibility index (Phi) is 5.03. The zero-order valence-corrected chi connectivity index (χ0v) is 17.2. The molecule has 2 aliphatic carbocycles. The number of rotatable bonds is 4. The van der Waals surface area contributed by atoms with Crippen molar-refractivity contribution in [3.63, 3.8) is 0 Å². The number of hydrogen-bond acceptors (Lipinski definition) is 3. The molecule has 1 heterocycles. The molecule has 3 nitrogen and oxygen atoms in total. The number of carbonyl (C=O) groups is 1. The Hall–Kier alpha value is -0.570. The van der Waals surface area contributed by atoms with Crippen LogP contribution in [0.5, 0.6) is 0 Å². The zero-order valence-electron chi connectivity index (χ0n) is 17.2. The Bertz CT molecular complexity index is 513. The van der Waals surface area contributed by atoms with Gasteiger partial charge in [0.25, 0.3) is 0 Å². The van der Waals surface area contributed by atoms with Crippen molar-refractivity contribution in [3.05, 3.63) is 0 Å². The highest BCUT2D eigenvalue weighted by atomic mass is 16.5. The number of carbonyl (C=O) groups excluding carboxylic acids is 1. The van der Waals surface area contributed by atoms with E-state index in [1.165, 1.54) is 45.4 Å². The van der Waals surface area contributed by atoms with E-state index >= 15 is 0 Å². The van der Waals surface area contributed by atoms with Gasteiger partial charge in [0.1, 0.15) is 0 Å². The van der Waals surface area contributed by atoms with E-state index in [4.69, 9.17) is 9.47 Å². The molecule has 0 bridgehead atoms. The summed E-state index contributed by atoms with van der Waals surface area (Å²) in [5.41, 5.74) is 0.922. The first kappa shape index (κ1) is 19.2. The maximum atomic E-state index is 11.0. The average Bonchev–Trinajstić information content (AvgIpc) is 2.85. The molecule has 0 unspecified atom stereocenters. The van der Waals surface area contributed by atoms with Crippen molar-refractivity contribution in [2.24, 2.45) is 28.6 Å². The molecule has 0 aromatic heterocycles. The molecule has 0 aromatic carbocycles. The molecule has 0 spiro atoms. The molecule has 0 amide bonds. The SMILES string of the molecule is CC(=O)OCC[C@H](C)[C@H]1C[C@@H]2[C@@]3(C)CCCC(C)(C)[C@@H]3CC[C@@]2(C)O1. The molecule has 3 rings (SSSR count).